The van der Waals surface area contributed by atoms with Gasteiger partial charge < -0.3 is 10.6 Å². The lowest BCUT2D eigenvalue weighted by Crippen LogP contribution is -2.29. The molecule has 0 saturated heterocycles. The minimum atomic E-state index is -0.0581. The van der Waals surface area contributed by atoms with Crippen molar-refractivity contribution in [3.8, 4) is 0 Å². The molecule has 0 aliphatic heterocycles. The van der Waals surface area contributed by atoms with E-state index in [2.05, 4.69) is 16.7 Å². The highest BCUT2D eigenvalue weighted by atomic mass is 35.5. The van der Waals surface area contributed by atoms with Crippen molar-refractivity contribution in [2.75, 3.05) is 18.4 Å². The van der Waals surface area contributed by atoms with Gasteiger partial charge in [0.2, 0.25) is 5.91 Å². The Morgan fingerprint density at radius 2 is 1.74 bits per heavy atom. The topological polar surface area (TPSA) is 41.1 Å². The summed E-state index contributed by atoms with van der Waals surface area (Å²) in [7, 11) is 0. The van der Waals surface area contributed by atoms with Crippen LogP contribution in [0.4, 0.5) is 5.69 Å². The van der Waals surface area contributed by atoms with Crippen molar-refractivity contribution in [3.05, 3.63) is 63.1 Å². The van der Waals surface area contributed by atoms with Gasteiger partial charge >= 0.3 is 0 Å². The molecule has 122 valence electrons. The number of rotatable bonds is 6. The van der Waals surface area contributed by atoms with Gasteiger partial charge in [-0.1, -0.05) is 35.3 Å². The van der Waals surface area contributed by atoms with E-state index in [4.69, 9.17) is 23.2 Å². The Bertz CT molecular complexity index is 681. The highest BCUT2D eigenvalue weighted by Crippen LogP contribution is 2.21. The zero-order valence-corrected chi connectivity index (χ0v) is 14.8. The molecular weight excluding hydrogens is 331 g/mol. The number of carbonyl (C=O) groups is 1. The minimum Gasteiger partial charge on any atom is -0.325 e. The predicted octanol–water partition coefficient (Wildman–Crippen LogP) is 4.38. The molecule has 2 aromatic rings. The molecule has 5 heteroatoms. The number of nitrogens with one attached hydrogen (secondary N) is 2. The van der Waals surface area contributed by atoms with Gasteiger partial charge in [-0.05, 0) is 67.8 Å². The van der Waals surface area contributed by atoms with Crippen LogP contribution in [0.25, 0.3) is 0 Å². The number of benzene rings is 2. The largest absolute Gasteiger partial charge is 0.325 e. The smallest absolute Gasteiger partial charge is 0.238 e. The molecule has 0 aliphatic carbocycles. The van der Waals surface area contributed by atoms with E-state index in [1.807, 2.05) is 38.1 Å². The zero-order chi connectivity index (χ0) is 16.8. The summed E-state index contributed by atoms with van der Waals surface area (Å²) in [5, 5.41) is 7.29. The Balaban J connectivity index is 1.76. The molecule has 23 heavy (non-hydrogen) atoms. The van der Waals surface area contributed by atoms with Gasteiger partial charge in [0.25, 0.3) is 0 Å². The average Bonchev–Trinajstić information content (AvgIpc) is 2.44. The third-order valence-electron chi connectivity index (χ3n) is 3.38. The van der Waals surface area contributed by atoms with Gasteiger partial charge in [0.1, 0.15) is 0 Å². The highest BCUT2D eigenvalue weighted by molar-refractivity contribution is 6.35. The number of hydrogen-bond donors (Lipinski definition) is 2. The average molecular weight is 351 g/mol. The van der Waals surface area contributed by atoms with Crippen LogP contribution in [0.3, 0.4) is 0 Å². The van der Waals surface area contributed by atoms with E-state index in [0.29, 0.717) is 16.6 Å². The molecule has 3 nitrogen and oxygen atoms in total. The zero-order valence-electron chi connectivity index (χ0n) is 13.2. The van der Waals surface area contributed by atoms with Crippen LogP contribution in [0, 0.1) is 13.8 Å². The molecule has 1 amide bonds. The van der Waals surface area contributed by atoms with Crippen molar-refractivity contribution in [2.24, 2.45) is 0 Å². The summed E-state index contributed by atoms with van der Waals surface area (Å²) in [4.78, 5) is 11.9. The molecule has 2 aromatic carbocycles. The molecule has 0 spiro atoms. The summed E-state index contributed by atoms with van der Waals surface area (Å²) < 4.78 is 0. The number of halogens is 2. The van der Waals surface area contributed by atoms with E-state index in [9.17, 15) is 4.79 Å². The summed E-state index contributed by atoms with van der Waals surface area (Å²) in [6.07, 6.45) is 0.743. The van der Waals surface area contributed by atoms with Gasteiger partial charge in [0.15, 0.2) is 0 Å². The van der Waals surface area contributed by atoms with Gasteiger partial charge in [0, 0.05) is 15.7 Å². The fraction of sp³-hybridized carbons (Fsp3) is 0.278. The first-order chi connectivity index (χ1) is 10.9. The van der Waals surface area contributed by atoms with Crippen molar-refractivity contribution in [1.29, 1.82) is 0 Å². The van der Waals surface area contributed by atoms with E-state index in [1.165, 1.54) is 0 Å². The first-order valence-electron chi connectivity index (χ1n) is 7.47. The fourth-order valence-corrected chi connectivity index (χ4v) is 2.90. The maximum atomic E-state index is 11.9. The van der Waals surface area contributed by atoms with Crippen molar-refractivity contribution in [1.82, 2.24) is 5.32 Å². The van der Waals surface area contributed by atoms with Gasteiger partial charge in [-0.25, -0.2) is 0 Å². The minimum absolute atomic E-state index is 0.0581. The van der Waals surface area contributed by atoms with Crippen LogP contribution in [0.2, 0.25) is 10.0 Å². The SMILES string of the molecule is Cc1cc(C)cc(NC(=O)CNCCc2ccc(Cl)cc2Cl)c1. The molecule has 0 atom stereocenters. The second kappa shape index (κ2) is 8.34. The second-order valence-corrected chi connectivity index (χ2v) is 6.43. The number of aryl methyl sites for hydroxylation is 2. The highest BCUT2D eigenvalue weighted by Gasteiger charge is 2.04. The Kier molecular flexibility index (Phi) is 6.46. The Labute approximate surface area is 147 Å². The van der Waals surface area contributed by atoms with Gasteiger partial charge in [0.05, 0.1) is 6.54 Å². The van der Waals surface area contributed by atoms with E-state index in [0.717, 1.165) is 28.8 Å². The first-order valence-corrected chi connectivity index (χ1v) is 8.22. The van der Waals surface area contributed by atoms with E-state index in [1.54, 1.807) is 6.07 Å². The number of hydrogen-bond acceptors (Lipinski definition) is 2. The van der Waals surface area contributed by atoms with Crippen LogP contribution in [0.5, 0.6) is 0 Å². The van der Waals surface area contributed by atoms with Crippen molar-refractivity contribution < 1.29 is 4.79 Å². The summed E-state index contributed by atoms with van der Waals surface area (Å²) in [5.41, 5.74) is 4.10. The lowest BCUT2D eigenvalue weighted by molar-refractivity contribution is -0.115. The number of anilines is 1. The number of amides is 1. The van der Waals surface area contributed by atoms with Gasteiger partial charge in [-0.2, -0.15) is 0 Å². The molecule has 0 heterocycles. The monoisotopic (exact) mass is 350 g/mol. The van der Waals surface area contributed by atoms with E-state index >= 15 is 0 Å². The molecule has 0 unspecified atom stereocenters. The molecule has 0 aromatic heterocycles. The molecule has 0 saturated carbocycles. The number of carbonyl (C=O) groups excluding carboxylic acids is 1. The maximum Gasteiger partial charge on any atom is 0.238 e. The summed E-state index contributed by atoms with van der Waals surface area (Å²) >= 11 is 12.0. The van der Waals surface area contributed by atoms with Gasteiger partial charge in [-0.15, -0.1) is 0 Å². The van der Waals surface area contributed by atoms with Crippen molar-refractivity contribution in [2.45, 2.75) is 20.3 Å². The summed E-state index contributed by atoms with van der Waals surface area (Å²) in [5.74, 6) is -0.0581. The molecule has 0 aliphatic rings. The molecule has 0 fully saturated rings. The van der Waals surface area contributed by atoms with Crippen LogP contribution in [-0.2, 0) is 11.2 Å². The first kappa shape index (κ1) is 17.8. The Morgan fingerprint density at radius 1 is 1.04 bits per heavy atom. The third kappa shape index (κ3) is 5.87. The van der Waals surface area contributed by atoms with Crippen LogP contribution in [-0.4, -0.2) is 19.0 Å². The molecule has 2 rings (SSSR count). The molecule has 0 radical (unpaired) electrons. The Hall–Kier alpha value is -1.55. The quantitative estimate of drug-likeness (QED) is 0.759. The molecular formula is C18H20Cl2N2O. The van der Waals surface area contributed by atoms with E-state index in [-0.39, 0.29) is 12.5 Å². The second-order valence-electron chi connectivity index (χ2n) is 5.59. The lowest BCUT2D eigenvalue weighted by atomic mass is 10.1. The predicted molar refractivity (Wildman–Crippen MR) is 97.6 cm³/mol. The van der Waals surface area contributed by atoms with Crippen LogP contribution < -0.4 is 10.6 Å². The van der Waals surface area contributed by atoms with Crippen molar-refractivity contribution in [3.63, 3.8) is 0 Å². The van der Waals surface area contributed by atoms with Crippen LogP contribution in [0.15, 0.2) is 36.4 Å². The summed E-state index contributed by atoms with van der Waals surface area (Å²) in [6.45, 7) is 4.95. The van der Waals surface area contributed by atoms with E-state index < -0.39 is 0 Å². The lowest BCUT2D eigenvalue weighted by Gasteiger charge is -2.09. The normalized spacial score (nSPS) is 10.6. The molecule has 2 N–H and O–H groups in total. The van der Waals surface area contributed by atoms with Gasteiger partial charge in [-0.3, -0.25) is 4.79 Å². The summed E-state index contributed by atoms with van der Waals surface area (Å²) in [6, 6.07) is 11.4. The molecule has 0 bridgehead atoms. The fourth-order valence-electron chi connectivity index (χ4n) is 2.40. The Morgan fingerprint density at radius 3 is 2.39 bits per heavy atom. The van der Waals surface area contributed by atoms with Crippen molar-refractivity contribution >= 4 is 34.8 Å². The maximum absolute atomic E-state index is 11.9. The van der Waals surface area contributed by atoms with Crippen LogP contribution in [0.1, 0.15) is 16.7 Å². The third-order valence-corrected chi connectivity index (χ3v) is 3.96. The van der Waals surface area contributed by atoms with Crippen LogP contribution >= 0.6 is 23.2 Å². The standard InChI is InChI=1S/C18H20Cl2N2O/c1-12-7-13(2)9-16(8-12)22-18(23)11-21-6-5-14-3-4-15(19)10-17(14)20/h3-4,7-10,21H,5-6,11H2,1-2H3,(H,22,23).